The number of allylic oxidation sites excluding steroid dienone is 1. The van der Waals surface area contributed by atoms with Gasteiger partial charge in [0.25, 0.3) is 0 Å². The van der Waals surface area contributed by atoms with E-state index in [1.54, 1.807) is 0 Å². The van der Waals surface area contributed by atoms with Crippen LogP contribution in [0.1, 0.15) is 40.0 Å². The molecule has 0 bridgehead atoms. The summed E-state index contributed by atoms with van der Waals surface area (Å²) in [5.41, 5.74) is 2.55. The van der Waals surface area contributed by atoms with Crippen LogP contribution >= 0.6 is 0 Å². The lowest BCUT2D eigenvalue weighted by Gasteiger charge is -2.23. The van der Waals surface area contributed by atoms with Crippen LogP contribution < -0.4 is 0 Å². The zero-order valence-corrected chi connectivity index (χ0v) is 11.0. The molecule has 80 valence electrons. The number of rotatable bonds is 7. The summed E-state index contributed by atoms with van der Waals surface area (Å²) in [4.78, 5) is 0. The topological polar surface area (TPSA) is 0 Å². The molecule has 0 saturated heterocycles. The van der Waals surface area contributed by atoms with Gasteiger partial charge >= 0.3 is 0 Å². The van der Waals surface area contributed by atoms with Crippen LogP contribution in [0.3, 0.4) is 0 Å². The van der Waals surface area contributed by atoms with Crippen molar-refractivity contribution in [3.63, 3.8) is 0 Å². The van der Waals surface area contributed by atoms with Gasteiger partial charge in [0.1, 0.15) is 0 Å². The van der Waals surface area contributed by atoms with Gasteiger partial charge in [0.05, 0.1) is 8.07 Å². The summed E-state index contributed by atoms with van der Waals surface area (Å²) < 4.78 is 0. The molecule has 0 atom stereocenters. The molecule has 0 saturated carbocycles. The normalized spacial score (nSPS) is 11.9. The van der Waals surface area contributed by atoms with Gasteiger partial charge < -0.3 is 0 Å². The largest absolute Gasteiger partial charge is 0.120 e. The standard InChI is InChI=1S/C13H24Si/c1-5-9-10-11-12-13-14(6-2,7-3)8-4/h1,12-13H,6-11H2,2-4H3/b13-12-. The van der Waals surface area contributed by atoms with Crippen LogP contribution in [0, 0.1) is 12.3 Å². The summed E-state index contributed by atoms with van der Waals surface area (Å²) in [6, 6.07) is 4.14. The Morgan fingerprint density at radius 1 is 1.14 bits per heavy atom. The van der Waals surface area contributed by atoms with Crippen molar-refractivity contribution in [3.8, 4) is 12.3 Å². The van der Waals surface area contributed by atoms with Crippen LogP contribution in [0.2, 0.25) is 18.1 Å². The Balaban J connectivity index is 3.97. The summed E-state index contributed by atoms with van der Waals surface area (Å²) in [5, 5.41) is 0. The smallest absolute Gasteiger partial charge is 0.0766 e. The molecule has 0 aromatic carbocycles. The van der Waals surface area contributed by atoms with E-state index in [-0.39, 0.29) is 0 Å². The zero-order chi connectivity index (χ0) is 10.9. The maximum Gasteiger partial charge on any atom is 0.0766 e. The van der Waals surface area contributed by atoms with Gasteiger partial charge in [0.15, 0.2) is 0 Å². The van der Waals surface area contributed by atoms with Crippen molar-refractivity contribution in [2.75, 3.05) is 0 Å². The molecule has 0 rings (SSSR count). The first-order chi connectivity index (χ1) is 6.74. The minimum atomic E-state index is -1.01. The Kier molecular flexibility index (Phi) is 7.61. The van der Waals surface area contributed by atoms with Crippen LogP contribution in [0.5, 0.6) is 0 Å². The summed E-state index contributed by atoms with van der Waals surface area (Å²) in [7, 11) is -1.01. The van der Waals surface area contributed by atoms with Gasteiger partial charge in [-0.15, -0.1) is 12.3 Å². The fraction of sp³-hybridized carbons (Fsp3) is 0.692. The number of unbranched alkanes of at least 4 members (excludes halogenated alkanes) is 2. The molecule has 0 aromatic rings. The molecular formula is C13H24Si. The molecule has 0 nitrogen and oxygen atoms in total. The Morgan fingerprint density at radius 3 is 2.14 bits per heavy atom. The van der Waals surface area contributed by atoms with Gasteiger partial charge in [-0.3, -0.25) is 0 Å². The van der Waals surface area contributed by atoms with E-state index in [9.17, 15) is 0 Å². The van der Waals surface area contributed by atoms with Gasteiger partial charge in [0, 0.05) is 6.42 Å². The molecule has 0 aliphatic heterocycles. The first-order valence-corrected chi connectivity index (χ1v) is 8.55. The van der Waals surface area contributed by atoms with Crippen molar-refractivity contribution in [3.05, 3.63) is 11.8 Å². The highest BCUT2D eigenvalue weighted by molar-refractivity contribution is 6.84. The quantitative estimate of drug-likeness (QED) is 0.330. The van der Waals surface area contributed by atoms with Crippen LogP contribution in [-0.4, -0.2) is 8.07 Å². The average molecular weight is 208 g/mol. The molecule has 0 amide bonds. The number of hydrogen-bond donors (Lipinski definition) is 0. The third-order valence-corrected chi connectivity index (χ3v) is 8.44. The highest BCUT2D eigenvalue weighted by Crippen LogP contribution is 2.21. The maximum atomic E-state index is 5.21. The fourth-order valence-electron chi connectivity index (χ4n) is 1.76. The average Bonchev–Trinajstić information content (AvgIpc) is 2.24. The minimum Gasteiger partial charge on any atom is -0.120 e. The minimum absolute atomic E-state index is 0.920. The molecule has 0 aliphatic rings. The van der Waals surface area contributed by atoms with E-state index < -0.39 is 8.07 Å². The SMILES string of the molecule is C#CCCC/C=C\[Si](CC)(CC)CC. The summed E-state index contributed by atoms with van der Waals surface area (Å²) in [5.74, 6) is 2.68. The van der Waals surface area contributed by atoms with E-state index in [2.05, 4.69) is 38.5 Å². The van der Waals surface area contributed by atoms with Gasteiger partial charge in [0.2, 0.25) is 0 Å². The highest BCUT2D eigenvalue weighted by atomic mass is 28.3. The van der Waals surface area contributed by atoms with Crippen LogP contribution in [-0.2, 0) is 0 Å². The molecule has 0 radical (unpaired) electrons. The molecule has 0 fully saturated rings. The first-order valence-electron chi connectivity index (χ1n) is 5.85. The second-order valence-corrected chi connectivity index (χ2v) is 9.10. The first kappa shape index (κ1) is 13.5. The molecule has 0 unspecified atom stereocenters. The second-order valence-electron chi connectivity index (χ2n) is 3.92. The number of terminal acetylenes is 1. The fourth-order valence-corrected chi connectivity index (χ4v) is 4.63. The molecular weight excluding hydrogens is 184 g/mol. The summed E-state index contributed by atoms with van der Waals surface area (Å²) in [6.45, 7) is 7.01. The van der Waals surface area contributed by atoms with Gasteiger partial charge in [-0.2, -0.15) is 0 Å². The number of hydrogen-bond acceptors (Lipinski definition) is 0. The van der Waals surface area contributed by atoms with Crippen molar-refractivity contribution in [2.45, 2.75) is 58.2 Å². The Morgan fingerprint density at radius 2 is 1.71 bits per heavy atom. The van der Waals surface area contributed by atoms with E-state index >= 15 is 0 Å². The second kappa shape index (κ2) is 7.88. The maximum absolute atomic E-state index is 5.21. The van der Waals surface area contributed by atoms with E-state index in [0.29, 0.717) is 0 Å². The third-order valence-electron chi connectivity index (χ3n) is 3.28. The van der Waals surface area contributed by atoms with E-state index in [4.69, 9.17) is 6.42 Å². The Bertz CT molecular complexity index is 186. The molecule has 1 heteroatoms. The molecule has 14 heavy (non-hydrogen) atoms. The zero-order valence-electron chi connectivity index (χ0n) is 9.97. The van der Waals surface area contributed by atoms with Crippen LogP contribution in [0.25, 0.3) is 0 Å². The lowest BCUT2D eigenvalue weighted by molar-refractivity contribution is 0.886. The van der Waals surface area contributed by atoms with Crippen molar-refractivity contribution in [1.82, 2.24) is 0 Å². The molecule has 0 aromatic heterocycles. The lowest BCUT2D eigenvalue weighted by atomic mass is 10.2. The van der Waals surface area contributed by atoms with Gasteiger partial charge in [-0.25, -0.2) is 0 Å². The van der Waals surface area contributed by atoms with Gasteiger partial charge in [-0.05, 0) is 12.8 Å². The predicted molar refractivity (Wildman–Crippen MR) is 69.0 cm³/mol. The molecule has 0 heterocycles. The summed E-state index contributed by atoms with van der Waals surface area (Å²) >= 11 is 0. The van der Waals surface area contributed by atoms with E-state index in [1.165, 1.54) is 24.6 Å². The van der Waals surface area contributed by atoms with Crippen LogP contribution in [0.4, 0.5) is 0 Å². The van der Waals surface area contributed by atoms with Crippen molar-refractivity contribution < 1.29 is 0 Å². The predicted octanol–water partition coefficient (Wildman–Crippen LogP) is 4.39. The summed E-state index contributed by atoms with van der Waals surface area (Å²) in [6.07, 6.45) is 10.8. The Hall–Kier alpha value is -0.483. The van der Waals surface area contributed by atoms with Crippen LogP contribution in [0.15, 0.2) is 11.8 Å². The monoisotopic (exact) mass is 208 g/mol. The van der Waals surface area contributed by atoms with Crippen molar-refractivity contribution in [1.29, 1.82) is 0 Å². The highest BCUT2D eigenvalue weighted by Gasteiger charge is 2.22. The van der Waals surface area contributed by atoms with Gasteiger partial charge in [-0.1, -0.05) is 50.7 Å². The molecule has 0 spiro atoms. The molecule has 0 N–H and O–H groups in total. The van der Waals surface area contributed by atoms with Crippen molar-refractivity contribution in [2.24, 2.45) is 0 Å². The lowest BCUT2D eigenvalue weighted by Crippen LogP contribution is -2.28. The molecule has 0 aliphatic carbocycles. The van der Waals surface area contributed by atoms with E-state index in [1.807, 2.05) is 0 Å². The Labute approximate surface area is 90.8 Å². The van der Waals surface area contributed by atoms with E-state index in [0.717, 1.165) is 12.8 Å². The third kappa shape index (κ3) is 4.67. The van der Waals surface area contributed by atoms with Crippen molar-refractivity contribution >= 4 is 8.07 Å².